The molecule has 2 heterocycles. The molecule has 2 aliphatic rings. The normalized spacial score (nSPS) is 22.8. The molecule has 0 aromatic carbocycles. The van der Waals surface area contributed by atoms with Crippen LogP contribution in [0.2, 0.25) is 5.15 Å². The van der Waals surface area contributed by atoms with E-state index in [1.165, 1.54) is 0 Å². The van der Waals surface area contributed by atoms with E-state index in [-0.39, 0.29) is 5.79 Å². The van der Waals surface area contributed by atoms with Gasteiger partial charge in [-0.3, -0.25) is 0 Å². The lowest BCUT2D eigenvalue weighted by molar-refractivity contribution is -0.177. The maximum Gasteiger partial charge on any atom is 0.168 e. The molecule has 1 N–H and O–H groups in total. The minimum absolute atomic E-state index is 0.285. The molecule has 1 aliphatic heterocycles. The molecular weight excluding hydrogens is 264 g/mol. The highest BCUT2D eigenvalue weighted by Crippen LogP contribution is 2.36. The van der Waals surface area contributed by atoms with Crippen LogP contribution in [-0.4, -0.2) is 30.0 Å². The summed E-state index contributed by atoms with van der Waals surface area (Å²) in [5.74, 6) is -0.285. The lowest BCUT2D eigenvalue weighted by atomic mass is 9.90. The molecule has 1 aromatic rings. The van der Waals surface area contributed by atoms with Gasteiger partial charge in [-0.05, 0) is 31.4 Å². The molecule has 0 amide bonds. The van der Waals surface area contributed by atoms with Crippen molar-refractivity contribution in [3.05, 3.63) is 23.0 Å². The molecule has 19 heavy (non-hydrogen) atoms. The van der Waals surface area contributed by atoms with Crippen LogP contribution in [0.1, 0.15) is 31.2 Å². The molecule has 104 valence electrons. The second-order valence-corrected chi connectivity index (χ2v) is 5.72. The molecule has 2 fully saturated rings. The van der Waals surface area contributed by atoms with E-state index in [0.717, 1.165) is 50.1 Å². The van der Waals surface area contributed by atoms with E-state index < -0.39 is 0 Å². The van der Waals surface area contributed by atoms with Gasteiger partial charge in [0, 0.05) is 18.9 Å². The average molecular weight is 283 g/mol. The third-order valence-corrected chi connectivity index (χ3v) is 4.34. The molecule has 0 radical (unpaired) electrons. The highest BCUT2D eigenvalue weighted by molar-refractivity contribution is 6.30. The van der Waals surface area contributed by atoms with Crippen LogP contribution in [0.4, 0.5) is 5.69 Å². The van der Waals surface area contributed by atoms with Crippen LogP contribution in [0.3, 0.4) is 0 Å². The van der Waals surface area contributed by atoms with Crippen molar-refractivity contribution in [2.24, 2.45) is 0 Å². The maximum absolute atomic E-state index is 5.93. The Bertz CT molecular complexity index is 451. The smallest absolute Gasteiger partial charge is 0.168 e. The summed E-state index contributed by atoms with van der Waals surface area (Å²) in [4.78, 5) is 4.17. The van der Waals surface area contributed by atoms with Crippen molar-refractivity contribution in [3.63, 3.8) is 0 Å². The number of anilines is 1. The second kappa shape index (κ2) is 5.27. The fraction of sp³-hybridized carbons (Fsp3) is 0.643. The van der Waals surface area contributed by atoms with Gasteiger partial charge in [0.15, 0.2) is 5.79 Å². The van der Waals surface area contributed by atoms with Crippen molar-refractivity contribution in [2.45, 2.75) is 44.4 Å². The summed E-state index contributed by atoms with van der Waals surface area (Å²) >= 11 is 5.93. The summed E-state index contributed by atoms with van der Waals surface area (Å²) in [6.45, 7) is 3.44. The number of pyridine rings is 1. The SMILES string of the molecule is Cc1cc(NC2CCC3(CC2)OCCO3)cnc1Cl. The molecule has 0 atom stereocenters. The standard InChI is InChI=1S/C14H19ClN2O2/c1-10-8-12(9-16-13(10)15)17-11-2-4-14(5-3-11)18-6-7-19-14/h8-9,11,17H,2-7H2,1H3. The molecule has 1 aromatic heterocycles. The van der Waals surface area contributed by atoms with Crippen LogP contribution >= 0.6 is 11.6 Å². The van der Waals surface area contributed by atoms with Crippen LogP contribution in [0.5, 0.6) is 0 Å². The van der Waals surface area contributed by atoms with Gasteiger partial charge in [0.05, 0.1) is 25.1 Å². The van der Waals surface area contributed by atoms with E-state index in [2.05, 4.69) is 10.3 Å². The number of aryl methyl sites for hydroxylation is 1. The van der Waals surface area contributed by atoms with E-state index in [9.17, 15) is 0 Å². The lowest BCUT2D eigenvalue weighted by Gasteiger charge is -2.36. The van der Waals surface area contributed by atoms with Crippen molar-refractivity contribution in [1.29, 1.82) is 0 Å². The van der Waals surface area contributed by atoms with Gasteiger partial charge < -0.3 is 14.8 Å². The highest BCUT2D eigenvalue weighted by atomic mass is 35.5. The van der Waals surface area contributed by atoms with Crippen molar-refractivity contribution in [2.75, 3.05) is 18.5 Å². The number of nitrogens with one attached hydrogen (secondary N) is 1. The molecule has 1 saturated carbocycles. The van der Waals surface area contributed by atoms with Gasteiger partial charge in [0.25, 0.3) is 0 Å². The molecule has 5 heteroatoms. The zero-order valence-corrected chi connectivity index (χ0v) is 11.9. The molecule has 1 aliphatic carbocycles. The second-order valence-electron chi connectivity index (χ2n) is 5.36. The number of hydrogen-bond donors (Lipinski definition) is 1. The first kappa shape index (κ1) is 13.2. The first-order chi connectivity index (χ1) is 9.17. The zero-order valence-electron chi connectivity index (χ0n) is 11.1. The van der Waals surface area contributed by atoms with Gasteiger partial charge in [-0.15, -0.1) is 0 Å². The Kier molecular flexibility index (Phi) is 3.65. The Labute approximate surface area is 118 Å². The van der Waals surface area contributed by atoms with Crippen LogP contribution in [0.15, 0.2) is 12.3 Å². The van der Waals surface area contributed by atoms with Crippen molar-refractivity contribution >= 4 is 17.3 Å². The van der Waals surface area contributed by atoms with E-state index in [1.54, 1.807) is 6.20 Å². The first-order valence-electron chi connectivity index (χ1n) is 6.83. The van der Waals surface area contributed by atoms with E-state index in [0.29, 0.717) is 11.2 Å². The van der Waals surface area contributed by atoms with Gasteiger partial charge in [0.2, 0.25) is 0 Å². The maximum atomic E-state index is 5.93. The van der Waals surface area contributed by atoms with Crippen LogP contribution in [-0.2, 0) is 9.47 Å². The number of ether oxygens (including phenoxy) is 2. The van der Waals surface area contributed by atoms with Gasteiger partial charge in [0.1, 0.15) is 5.15 Å². The van der Waals surface area contributed by atoms with E-state index in [1.807, 2.05) is 13.0 Å². The van der Waals surface area contributed by atoms with Gasteiger partial charge in [-0.25, -0.2) is 4.98 Å². The number of aromatic nitrogens is 1. The Hall–Kier alpha value is -0.840. The van der Waals surface area contributed by atoms with E-state index in [4.69, 9.17) is 21.1 Å². The van der Waals surface area contributed by atoms with Gasteiger partial charge >= 0.3 is 0 Å². The largest absolute Gasteiger partial charge is 0.381 e. The van der Waals surface area contributed by atoms with E-state index >= 15 is 0 Å². The fourth-order valence-corrected chi connectivity index (χ4v) is 2.96. The number of rotatable bonds is 2. The number of hydrogen-bond acceptors (Lipinski definition) is 4. The molecular formula is C14H19ClN2O2. The third-order valence-electron chi connectivity index (χ3n) is 3.95. The van der Waals surface area contributed by atoms with Crippen molar-refractivity contribution in [1.82, 2.24) is 4.98 Å². The van der Waals surface area contributed by atoms with Crippen molar-refractivity contribution < 1.29 is 9.47 Å². The lowest BCUT2D eigenvalue weighted by Crippen LogP contribution is -2.39. The zero-order chi connectivity index (χ0) is 13.3. The summed E-state index contributed by atoms with van der Waals surface area (Å²) < 4.78 is 11.5. The summed E-state index contributed by atoms with van der Waals surface area (Å²) in [6.07, 6.45) is 5.83. The Morgan fingerprint density at radius 3 is 2.63 bits per heavy atom. The molecule has 0 unspecified atom stereocenters. The highest BCUT2D eigenvalue weighted by Gasteiger charge is 2.40. The summed E-state index contributed by atoms with van der Waals surface area (Å²) in [5, 5.41) is 4.09. The monoisotopic (exact) mass is 282 g/mol. The van der Waals surface area contributed by atoms with Gasteiger partial charge in [-0.1, -0.05) is 11.6 Å². The Morgan fingerprint density at radius 2 is 2.00 bits per heavy atom. The minimum atomic E-state index is -0.285. The first-order valence-corrected chi connectivity index (χ1v) is 7.21. The summed E-state index contributed by atoms with van der Waals surface area (Å²) in [6, 6.07) is 2.50. The molecule has 0 bridgehead atoms. The summed E-state index contributed by atoms with van der Waals surface area (Å²) in [5.41, 5.74) is 2.04. The third kappa shape index (κ3) is 2.86. The predicted molar refractivity (Wildman–Crippen MR) is 74.5 cm³/mol. The summed E-state index contributed by atoms with van der Waals surface area (Å²) in [7, 11) is 0. The van der Waals surface area contributed by atoms with Crippen molar-refractivity contribution in [3.8, 4) is 0 Å². The molecule has 4 nitrogen and oxygen atoms in total. The Morgan fingerprint density at radius 1 is 1.32 bits per heavy atom. The number of nitrogens with zero attached hydrogens (tertiary/aromatic N) is 1. The molecule has 3 rings (SSSR count). The molecule has 1 spiro atoms. The van der Waals surface area contributed by atoms with Crippen LogP contribution in [0, 0.1) is 6.92 Å². The quantitative estimate of drug-likeness (QED) is 0.847. The van der Waals surface area contributed by atoms with Crippen LogP contribution in [0.25, 0.3) is 0 Å². The fourth-order valence-electron chi connectivity index (χ4n) is 2.86. The van der Waals surface area contributed by atoms with Crippen LogP contribution < -0.4 is 5.32 Å². The molecule has 1 saturated heterocycles. The number of halogens is 1. The predicted octanol–water partition coefficient (Wildman–Crippen LogP) is 3.14. The Balaban J connectivity index is 1.58. The topological polar surface area (TPSA) is 43.4 Å². The average Bonchev–Trinajstić information content (AvgIpc) is 2.86. The minimum Gasteiger partial charge on any atom is -0.381 e. The van der Waals surface area contributed by atoms with Gasteiger partial charge in [-0.2, -0.15) is 0 Å².